The van der Waals surface area contributed by atoms with E-state index in [1.54, 1.807) is 5.56 Å². The topological polar surface area (TPSA) is 69.6 Å². The number of rotatable bonds is 5. The minimum atomic E-state index is -5.08. The Hall–Kier alpha value is -2.09. The molecule has 1 aromatic carbocycles. The van der Waals surface area contributed by atoms with Crippen molar-refractivity contribution in [3.8, 4) is 0 Å². The van der Waals surface area contributed by atoms with E-state index in [1.807, 2.05) is 0 Å². The molecule has 5 nitrogen and oxygen atoms in total. The zero-order valence-corrected chi connectivity index (χ0v) is 18.2. The van der Waals surface area contributed by atoms with Crippen LogP contribution < -0.4 is 5.32 Å². The first-order chi connectivity index (χ1) is 15.2. The number of carbonyl (C=O) groups is 2. The van der Waals surface area contributed by atoms with E-state index in [1.165, 1.54) is 70.1 Å². The molecule has 1 atom stereocenters. The van der Waals surface area contributed by atoms with E-state index in [4.69, 9.17) is 9.90 Å². The molecule has 1 amide bonds. The van der Waals surface area contributed by atoms with Gasteiger partial charge in [0.15, 0.2) is 0 Å². The van der Waals surface area contributed by atoms with Crippen LogP contribution in [-0.2, 0) is 15.0 Å². The van der Waals surface area contributed by atoms with Crippen molar-refractivity contribution in [1.29, 1.82) is 0 Å². The Balaban J connectivity index is 0.000000307. The molecule has 5 rings (SSSR count). The summed E-state index contributed by atoms with van der Waals surface area (Å²) in [5, 5.41) is 10.3. The molecule has 1 aliphatic heterocycles. The van der Waals surface area contributed by atoms with Crippen LogP contribution in [0, 0.1) is 5.92 Å². The highest BCUT2D eigenvalue weighted by Gasteiger charge is 2.46. The zero-order valence-electron chi connectivity index (χ0n) is 18.2. The number of aliphatic carboxylic acids is 1. The maximum absolute atomic E-state index is 12.4. The maximum atomic E-state index is 12.4. The molecule has 2 N–H and O–H groups in total. The van der Waals surface area contributed by atoms with Gasteiger partial charge < -0.3 is 15.3 Å². The highest BCUT2D eigenvalue weighted by atomic mass is 19.4. The Bertz CT molecular complexity index is 841. The lowest BCUT2D eigenvalue weighted by Gasteiger charge is -2.40. The second-order valence-corrected chi connectivity index (χ2v) is 9.86. The summed E-state index contributed by atoms with van der Waals surface area (Å²) in [6.45, 7) is 3.81. The van der Waals surface area contributed by atoms with E-state index in [2.05, 4.69) is 34.5 Å². The van der Waals surface area contributed by atoms with Crippen LogP contribution >= 0.6 is 0 Å². The molecule has 176 valence electrons. The number of alkyl halides is 3. The van der Waals surface area contributed by atoms with Gasteiger partial charge in [-0.3, -0.25) is 4.79 Å². The Labute approximate surface area is 186 Å². The van der Waals surface area contributed by atoms with Crippen molar-refractivity contribution in [2.45, 2.75) is 74.9 Å². The van der Waals surface area contributed by atoms with E-state index in [0.29, 0.717) is 23.8 Å². The van der Waals surface area contributed by atoms with Crippen molar-refractivity contribution in [3.63, 3.8) is 0 Å². The van der Waals surface area contributed by atoms with Gasteiger partial charge in [-0.05, 0) is 86.4 Å². The second kappa shape index (κ2) is 9.04. The number of piperidine rings is 1. The standard InChI is InChI=1S/C22H30N2O.C2HF3O2/c25-21(23-18-7-8-18)13-17-14-22(20-4-2-1-3-19(17)20)9-11-24(12-10-22)15-16-5-6-16;3-2(4,5)1(6)7/h1-4,16-18H,5-15H2,(H,23,25);(H,6,7). The van der Waals surface area contributed by atoms with Gasteiger partial charge in [-0.25, -0.2) is 4.79 Å². The fourth-order valence-electron chi connectivity index (χ4n) is 5.25. The number of carboxylic acid groups (broad SMARTS) is 1. The van der Waals surface area contributed by atoms with Crippen LogP contribution in [0.4, 0.5) is 13.2 Å². The summed E-state index contributed by atoms with van der Waals surface area (Å²) in [6.07, 6.45) is 4.57. The summed E-state index contributed by atoms with van der Waals surface area (Å²) in [5.74, 6) is -1.08. The Kier molecular flexibility index (Phi) is 6.52. The third-order valence-corrected chi connectivity index (χ3v) is 7.25. The molecular weight excluding hydrogens is 421 g/mol. The number of nitrogens with one attached hydrogen (secondary N) is 1. The van der Waals surface area contributed by atoms with Crippen LogP contribution in [0.1, 0.15) is 68.4 Å². The van der Waals surface area contributed by atoms with Gasteiger partial charge in [-0.2, -0.15) is 13.2 Å². The van der Waals surface area contributed by atoms with Crippen molar-refractivity contribution >= 4 is 11.9 Å². The number of amides is 1. The predicted molar refractivity (Wildman–Crippen MR) is 113 cm³/mol. The zero-order chi connectivity index (χ0) is 22.9. The molecule has 0 aromatic heterocycles. The Morgan fingerprint density at radius 3 is 2.28 bits per heavy atom. The third kappa shape index (κ3) is 5.63. The molecule has 1 spiro atoms. The van der Waals surface area contributed by atoms with E-state index in [9.17, 15) is 18.0 Å². The molecule has 4 aliphatic rings. The molecule has 0 radical (unpaired) electrons. The van der Waals surface area contributed by atoms with Crippen LogP contribution in [0.5, 0.6) is 0 Å². The predicted octanol–water partition coefficient (Wildman–Crippen LogP) is 4.22. The summed E-state index contributed by atoms with van der Waals surface area (Å²) >= 11 is 0. The number of hydrogen-bond donors (Lipinski definition) is 2. The highest BCUT2D eigenvalue weighted by molar-refractivity contribution is 5.78. The fraction of sp³-hybridized carbons (Fsp3) is 0.667. The Morgan fingerprint density at radius 1 is 1.09 bits per heavy atom. The largest absolute Gasteiger partial charge is 0.490 e. The monoisotopic (exact) mass is 452 g/mol. The van der Waals surface area contributed by atoms with E-state index < -0.39 is 12.1 Å². The van der Waals surface area contributed by atoms with Gasteiger partial charge >= 0.3 is 12.1 Å². The number of fused-ring (bicyclic) bond motifs is 2. The number of likely N-dealkylation sites (tertiary alicyclic amines) is 1. The summed E-state index contributed by atoms with van der Waals surface area (Å²) in [7, 11) is 0. The molecule has 1 unspecified atom stereocenters. The molecule has 3 fully saturated rings. The van der Waals surface area contributed by atoms with Crippen LogP contribution in [0.3, 0.4) is 0 Å². The number of nitrogens with zero attached hydrogens (tertiary/aromatic N) is 1. The fourth-order valence-corrected chi connectivity index (χ4v) is 5.25. The molecule has 1 heterocycles. The number of hydrogen-bond acceptors (Lipinski definition) is 3. The third-order valence-electron chi connectivity index (χ3n) is 7.25. The van der Waals surface area contributed by atoms with Gasteiger partial charge in [-0.1, -0.05) is 24.3 Å². The SMILES string of the molecule is O=C(CC1CC2(CCN(CC3CC3)CC2)c2ccccc21)NC1CC1.O=C(O)C(F)(F)F. The Morgan fingerprint density at radius 2 is 1.72 bits per heavy atom. The van der Waals surface area contributed by atoms with Gasteiger partial charge in [-0.15, -0.1) is 0 Å². The second-order valence-electron chi connectivity index (χ2n) is 9.86. The van der Waals surface area contributed by atoms with E-state index in [0.717, 1.165) is 5.92 Å². The summed E-state index contributed by atoms with van der Waals surface area (Å²) < 4.78 is 31.7. The number of carbonyl (C=O) groups excluding carboxylic acids is 1. The smallest absolute Gasteiger partial charge is 0.475 e. The molecule has 1 saturated heterocycles. The van der Waals surface area contributed by atoms with Gasteiger partial charge in [0.2, 0.25) is 5.91 Å². The minimum Gasteiger partial charge on any atom is -0.475 e. The average molecular weight is 453 g/mol. The quantitative estimate of drug-likeness (QED) is 0.702. The van der Waals surface area contributed by atoms with E-state index in [-0.39, 0.29) is 5.91 Å². The number of benzene rings is 1. The first kappa shape index (κ1) is 23.1. The summed E-state index contributed by atoms with van der Waals surface area (Å²) in [5.41, 5.74) is 3.36. The van der Waals surface area contributed by atoms with Crippen LogP contribution in [0.2, 0.25) is 0 Å². The molecule has 8 heteroatoms. The molecule has 2 saturated carbocycles. The van der Waals surface area contributed by atoms with Crippen molar-refractivity contribution in [3.05, 3.63) is 35.4 Å². The lowest BCUT2D eigenvalue weighted by atomic mass is 9.73. The highest BCUT2D eigenvalue weighted by Crippen LogP contribution is 2.52. The van der Waals surface area contributed by atoms with Gasteiger partial charge in [0.1, 0.15) is 0 Å². The van der Waals surface area contributed by atoms with Crippen molar-refractivity contribution in [2.24, 2.45) is 5.92 Å². The first-order valence-electron chi connectivity index (χ1n) is 11.6. The molecule has 3 aliphatic carbocycles. The number of carboxylic acids is 1. The van der Waals surface area contributed by atoms with Crippen LogP contribution in [-0.4, -0.2) is 53.7 Å². The normalized spacial score (nSPS) is 24.4. The van der Waals surface area contributed by atoms with Crippen LogP contribution in [0.25, 0.3) is 0 Å². The van der Waals surface area contributed by atoms with E-state index >= 15 is 0 Å². The average Bonchev–Trinajstić information content (AvgIpc) is 3.66. The lowest BCUT2D eigenvalue weighted by Crippen LogP contribution is -2.42. The van der Waals surface area contributed by atoms with Gasteiger partial charge in [0, 0.05) is 19.0 Å². The maximum Gasteiger partial charge on any atom is 0.490 e. The molecule has 0 bridgehead atoms. The number of halogens is 3. The van der Waals surface area contributed by atoms with Crippen molar-refractivity contribution < 1.29 is 27.9 Å². The molecule has 1 aromatic rings. The van der Waals surface area contributed by atoms with Gasteiger partial charge in [0.05, 0.1) is 0 Å². The molecule has 32 heavy (non-hydrogen) atoms. The summed E-state index contributed by atoms with van der Waals surface area (Å²) in [4.78, 5) is 24.0. The first-order valence-corrected chi connectivity index (χ1v) is 11.6. The van der Waals surface area contributed by atoms with Crippen LogP contribution in [0.15, 0.2) is 24.3 Å². The lowest BCUT2D eigenvalue weighted by molar-refractivity contribution is -0.192. The van der Waals surface area contributed by atoms with Gasteiger partial charge in [0.25, 0.3) is 0 Å². The van der Waals surface area contributed by atoms with Crippen molar-refractivity contribution in [2.75, 3.05) is 19.6 Å². The summed E-state index contributed by atoms with van der Waals surface area (Å²) in [6, 6.07) is 9.47. The molecular formula is C24H31F3N2O3. The minimum absolute atomic E-state index is 0.269. The van der Waals surface area contributed by atoms with Crippen molar-refractivity contribution in [1.82, 2.24) is 10.2 Å².